The average Bonchev–Trinajstić information content (AvgIpc) is 2.48. The lowest BCUT2D eigenvalue weighted by atomic mass is 9.98. The molecule has 4 nitrogen and oxygen atoms in total. The highest BCUT2D eigenvalue weighted by Gasteiger charge is 2.21. The third-order valence-electron chi connectivity index (χ3n) is 3.22. The van der Waals surface area contributed by atoms with Gasteiger partial charge in [-0.05, 0) is 35.9 Å². The highest BCUT2D eigenvalue weighted by Crippen LogP contribution is 2.31. The monoisotopic (exact) mass is 302 g/mol. The Bertz CT molecular complexity index is 943. The number of hydrogen-bond donors (Lipinski definition) is 1. The number of benzene rings is 2. The van der Waals surface area contributed by atoms with Crippen LogP contribution in [0.4, 0.5) is 8.78 Å². The lowest BCUT2D eigenvalue weighted by molar-refractivity contribution is 0.0659. The summed E-state index contributed by atoms with van der Waals surface area (Å²) in [6, 6.07) is 8.29. The first-order valence-corrected chi connectivity index (χ1v) is 6.23. The number of fused-ring (bicyclic) bond motifs is 1. The van der Waals surface area contributed by atoms with Crippen LogP contribution in [0, 0.1) is 11.6 Å². The molecule has 0 aliphatic heterocycles. The van der Waals surface area contributed by atoms with Gasteiger partial charge in [0.15, 0.2) is 0 Å². The van der Waals surface area contributed by atoms with Crippen molar-refractivity contribution in [2.45, 2.75) is 0 Å². The lowest BCUT2D eigenvalue weighted by Crippen LogP contribution is -2.09. The van der Waals surface area contributed by atoms with Crippen molar-refractivity contribution >= 4 is 16.7 Å². The summed E-state index contributed by atoms with van der Waals surface area (Å²) in [6.07, 6.45) is 0. The maximum absolute atomic E-state index is 13.5. The van der Waals surface area contributed by atoms with Crippen LogP contribution >= 0.6 is 0 Å². The predicted molar refractivity (Wildman–Crippen MR) is 74.8 cm³/mol. The summed E-state index contributed by atoms with van der Waals surface area (Å²) in [5.74, 6) is -3.22. The predicted octanol–water partition coefficient (Wildman–Crippen LogP) is 3.44. The summed E-state index contributed by atoms with van der Waals surface area (Å²) in [6.45, 7) is 0. The van der Waals surface area contributed by atoms with Crippen molar-refractivity contribution in [1.82, 2.24) is 0 Å². The van der Waals surface area contributed by atoms with E-state index in [1.54, 1.807) is 0 Å². The van der Waals surface area contributed by atoms with Crippen LogP contribution in [0.3, 0.4) is 0 Å². The third kappa shape index (κ3) is 2.24. The Balaban J connectivity index is 2.48. The van der Waals surface area contributed by atoms with Crippen molar-refractivity contribution in [3.8, 4) is 11.1 Å². The molecule has 0 bridgehead atoms. The SMILES string of the molecule is O=C(O)c1oc(=O)c2ccc(F)cc2c1-c1ccc(F)cc1. The van der Waals surface area contributed by atoms with E-state index in [0.717, 1.165) is 24.3 Å². The van der Waals surface area contributed by atoms with Gasteiger partial charge >= 0.3 is 11.6 Å². The largest absolute Gasteiger partial charge is 0.475 e. The van der Waals surface area contributed by atoms with Crippen LogP contribution < -0.4 is 5.63 Å². The minimum Gasteiger partial charge on any atom is -0.475 e. The molecule has 0 saturated heterocycles. The molecule has 3 rings (SSSR count). The van der Waals surface area contributed by atoms with Crippen LogP contribution in [0.1, 0.15) is 10.6 Å². The summed E-state index contributed by atoms with van der Waals surface area (Å²) < 4.78 is 31.4. The van der Waals surface area contributed by atoms with E-state index in [4.69, 9.17) is 4.42 Å². The molecule has 0 fully saturated rings. The zero-order valence-corrected chi connectivity index (χ0v) is 11.0. The first-order valence-electron chi connectivity index (χ1n) is 6.23. The third-order valence-corrected chi connectivity index (χ3v) is 3.22. The van der Waals surface area contributed by atoms with E-state index in [2.05, 4.69) is 0 Å². The van der Waals surface area contributed by atoms with Crippen molar-refractivity contribution in [3.63, 3.8) is 0 Å². The molecule has 0 radical (unpaired) electrons. The van der Waals surface area contributed by atoms with Gasteiger partial charge in [-0.2, -0.15) is 0 Å². The molecule has 1 heterocycles. The van der Waals surface area contributed by atoms with Gasteiger partial charge in [0.1, 0.15) is 11.6 Å². The molecule has 0 aliphatic carbocycles. The van der Waals surface area contributed by atoms with E-state index in [0.29, 0.717) is 5.56 Å². The fraction of sp³-hybridized carbons (Fsp3) is 0. The molecule has 1 N–H and O–H groups in total. The molecule has 0 aliphatic rings. The second kappa shape index (κ2) is 5.07. The first kappa shape index (κ1) is 13.9. The Morgan fingerprint density at radius 2 is 1.59 bits per heavy atom. The first-order chi connectivity index (χ1) is 10.5. The molecule has 0 amide bonds. The van der Waals surface area contributed by atoms with E-state index in [-0.39, 0.29) is 16.3 Å². The zero-order chi connectivity index (χ0) is 15.9. The Kier molecular flexibility index (Phi) is 3.21. The van der Waals surface area contributed by atoms with Crippen LogP contribution in [0.5, 0.6) is 0 Å². The number of rotatable bonds is 2. The van der Waals surface area contributed by atoms with Gasteiger partial charge in [-0.1, -0.05) is 12.1 Å². The molecule has 2 aromatic carbocycles. The molecule has 1 aromatic heterocycles. The van der Waals surface area contributed by atoms with Crippen molar-refractivity contribution in [2.75, 3.05) is 0 Å². The van der Waals surface area contributed by atoms with E-state index in [9.17, 15) is 23.5 Å². The van der Waals surface area contributed by atoms with E-state index < -0.39 is 29.0 Å². The number of hydrogen-bond acceptors (Lipinski definition) is 3. The minimum absolute atomic E-state index is 0.0293. The Morgan fingerprint density at radius 1 is 0.955 bits per heavy atom. The van der Waals surface area contributed by atoms with Gasteiger partial charge < -0.3 is 9.52 Å². The van der Waals surface area contributed by atoms with Crippen molar-refractivity contribution < 1.29 is 23.1 Å². The number of carbonyl (C=O) groups is 1. The van der Waals surface area contributed by atoms with Crippen LogP contribution in [0.2, 0.25) is 0 Å². The molecular formula is C16H8F2O4. The molecule has 3 aromatic rings. The smallest absolute Gasteiger partial charge is 0.372 e. The standard InChI is InChI=1S/C16H8F2O4/c17-9-3-1-8(2-4-9)13-12-7-10(18)5-6-11(12)16(21)22-14(13)15(19)20/h1-7H,(H,19,20). The fourth-order valence-electron chi connectivity index (χ4n) is 2.28. The topological polar surface area (TPSA) is 67.5 Å². The van der Waals surface area contributed by atoms with Crippen LogP contribution in [0.15, 0.2) is 51.7 Å². The second-order valence-electron chi connectivity index (χ2n) is 4.60. The van der Waals surface area contributed by atoms with Gasteiger partial charge in [-0.15, -0.1) is 0 Å². The van der Waals surface area contributed by atoms with Gasteiger partial charge in [0.2, 0.25) is 5.76 Å². The lowest BCUT2D eigenvalue weighted by Gasteiger charge is -2.09. The van der Waals surface area contributed by atoms with Gasteiger partial charge in [-0.3, -0.25) is 0 Å². The highest BCUT2D eigenvalue weighted by molar-refractivity contribution is 6.04. The zero-order valence-electron chi connectivity index (χ0n) is 11.0. The molecule has 0 atom stereocenters. The van der Waals surface area contributed by atoms with Gasteiger partial charge in [0.25, 0.3) is 0 Å². The van der Waals surface area contributed by atoms with Crippen molar-refractivity contribution in [3.05, 3.63) is 70.3 Å². The maximum Gasteiger partial charge on any atom is 0.372 e. The molecule has 110 valence electrons. The average molecular weight is 302 g/mol. The normalized spacial score (nSPS) is 10.8. The molecule has 0 saturated carbocycles. The van der Waals surface area contributed by atoms with Crippen LogP contribution in [-0.4, -0.2) is 11.1 Å². The Hall–Kier alpha value is -3.02. The van der Waals surface area contributed by atoms with Crippen LogP contribution in [-0.2, 0) is 0 Å². The fourth-order valence-corrected chi connectivity index (χ4v) is 2.28. The summed E-state index contributed by atoms with van der Waals surface area (Å²) >= 11 is 0. The maximum atomic E-state index is 13.5. The Morgan fingerprint density at radius 3 is 2.23 bits per heavy atom. The number of halogens is 2. The quantitative estimate of drug-likeness (QED) is 0.787. The Labute approximate surface area is 122 Å². The molecule has 0 unspecified atom stereocenters. The van der Waals surface area contributed by atoms with E-state index in [1.807, 2.05) is 0 Å². The molecule has 6 heteroatoms. The second-order valence-corrected chi connectivity index (χ2v) is 4.60. The number of carboxylic acids is 1. The summed E-state index contributed by atoms with van der Waals surface area (Å²) in [7, 11) is 0. The minimum atomic E-state index is -1.47. The summed E-state index contributed by atoms with van der Waals surface area (Å²) in [5.41, 5.74) is -0.544. The van der Waals surface area contributed by atoms with E-state index >= 15 is 0 Å². The summed E-state index contributed by atoms with van der Waals surface area (Å²) in [4.78, 5) is 23.2. The van der Waals surface area contributed by atoms with Gasteiger partial charge in [-0.25, -0.2) is 18.4 Å². The van der Waals surface area contributed by atoms with Gasteiger partial charge in [0, 0.05) is 10.9 Å². The van der Waals surface area contributed by atoms with Gasteiger partial charge in [0.05, 0.1) is 5.39 Å². The number of carboxylic acid groups (broad SMARTS) is 1. The molecular weight excluding hydrogens is 294 g/mol. The van der Waals surface area contributed by atoms with Crippen molar-refractivity contribution in [1.29, 1.82) is 0 Å². The van der Waals surface area contributed by atoms with Crippen molar-refractivity contribution in [2.24, 2.45) is 0 Å². The number of aromatic carboxylic acids is 1. The molecule has 22 heavy (non-hydrogen) atoms. The summed E-state index contributed by atoms with van der Waals surface area (Å²) in [5, 5.41) is 9.38. The van der Waals surface area contributed by atoms with Crippen LogP contribution in [0.25, 0.3) is 21.9 Å². The van der Waals surface area contributed by atoms with E-state index in [1.165, 1.54) is 18.2 Å². The highest BCUT2D eigenvalue weighted by atomic mass is 19.1. The molecule has 0 spiro atoms.